The van der Waals surface area contributed by atoms with Crippen molar-refractivity contribution in [3.63, 3.8) is 0 Å². The van der Waals surface area contributed by atoms with Gasteiger partial charge in [0.15, 0.2) is 0 Å². The van der Waals surface area contributed by atoms with Gasteiger partial charge in [0.2, 0.25) is 5.91 Å². The molecule has 0 radical (unpaired) electrons. The molecule has 1 amide bonds. The molecule has 1 saturated heterocycles. The summed E-state index contributed by atoms with van der Waals surface area (Å²) in [4.78, 5) is 26.5. The quantitative estimate of drug-likeness (QED) is 0.851. The zero-order chi connectivity index (χ0) is 16.5. The summed E-state index contributed by atoms with van der Waals surface area (Å²) in [6.07, 6.45) is 0.701. The molecule has 0 spiro atoms. The minimum Gasteiger partial charge on any atom is -0.508 e. The molecule has 1 fully saturated rings. The van der Waals surface area contributed by atoms with E-state index in [2.05, 4.69) is 0 Å². The van der Waals surface area contributed by atoms with Gasteiger partial charge in [-0.05, 0) is 24.1 Å². The van der Waals surface area contributed by atoms with Crippen molar-refractivity contribution >= 4 is 11.9 Å². The van der Waals surface area contributed by atoms with Gasteiger partial charge in [0.05, 0.1) is 7.11 Å². The Hall–Kier alpha value is -2.04. The van der Waals surface area contributed by atoms with Crippen LogP contribution in [0.2, 0.25) is 0 Å². The molecule has 120 valence electrons. The van der Waals surface area contributed by atoms with E-state index in [1.54, 1.807) is 29.2 Å². The molecule has 0 aromatic heterocycles. The maximum absolute atomic E-state index is 12.6. The number of phenols is 1. The fraction of sp³-hybridized carbons (Fsp3) is 0.529. The highest BCUT2D eigenvalue weighted by Gasteiger charge is 2.45. The highest BCUT2D eigenvalue weighted by molar-refractivity contribution is 5.88. The number of benzene rings is 1. The van der Waals surface area contributed by atoms with Crippen LogP contribution < -0.4 is 0 Å². The lowest BCUT2D eigenvalue weighted by molar-refractivity contribution is -0.154. The Morgan fingerprint density at radius 1 is 1.23 bits per heavy atom. The fourth-order valence-electron chi connectivity index (χ4n) is 2.93. The van der Waals surface area contributed by atoms with Crippen LogP contribution in [0.15, 0.2) is 24.3 Å². The summed E-state index contributed by atoms with van der Waals surface area (Å²) in [5.74, 6) is -0.379. The number of hydrogen-bond donors (Lipinski definition) is 1. The first kappa shape index (κ1) is 16.3. The minimum atomic E-state index is -0.610. The average Bonchev–Trinajstić information content (AvgIpc) is 2.90. The van der Waals surface area contributed by atoms with Crippen molar-refractivity contribution in [3.05, 3.63) is 29.8 Å². The molecule has 1 aromatic carbocycles. The van der Waals surface area contributed by atoms with E-state index in [9.17, 15) is 14.7 Å². The average molecular weight is 305 g/mol. The van der Waals surface area contributed by atoms with Gasteiger partial charge in [-0.2, -0.15) is 0 Å². The number of carbonyl (C=O) groups excluding carboxylic acids is 2. The number of amides is 1. The normalized spacial score (nSPS) is 21.7. The predicted octanol–water partition coefficient (Wildman–Crippen LogP) is 2.30. The van der Waals surface area contributed by atoms with E-state index >= 15 is 0 Å². The number of likely N-dealkylation sites (tertiary alicyclic amines) is 1. The summed E-state index contributed by atoms with van der Waals surface area (Å²) in [7, 11) is 1.34. The third kappa shape index (κ3) is 3.08. The number of nitrogens with zero attached hydrogens (tertiary/aromatic N) is 1. The van der Waals surface area contributed by atoms with Crippen LogP contribution in [0, 0.1) is 5.41 Å². The zero-order valence-corrected chi connectivity index (χ0v) is 13.5. The Kier molecular flexibility index (Phi) is 4.44. The molecule has 5 nitrogen and oxygen atoms in total. The first-order valence-corrected chi connectivity index (χ1v) is 7.43. The molecule has 1 N–H and O–H groups in total. The van der Waals surface area contributed by atoms with E-state index in [0.717, 1.165) is 5.56 Å². The second kappa shape index (κ2) is 5.99. The molecule has 1 aliphatic heterocycles. The molecule has 0 aliphatic carbocycles. The van der Waals surface area contributed by atoms with Gasteiger partial charge < -0.3 is 14.7 Å². The standard InChI is InChI=1S/C17H23NO4/c1-17(2,3)16(21)18-10-9-13(14(18)15(20)22-4)11-5-7-12(19)8-6-11/h5-8,13-14,19H,9-10H2,1-4H3/t13-,14?/m1/s1. The van der Waals surface area contributed by atoms with Crippen molar-refractivity contribution in [2.24, 2.45) is 5.41 Å². The van der Waals surface area contributed by atoms with Gasteiger partial charge in [0.1, 0.15) is 11.8 Å². The number of rotatable bonds is 2. The summed E-state index contributed by atoms with van der Waals surface area (Å²) in [5.41, 5.74) is 0.383. The Morgan fingerprint density at radius 2 is 1.82 bits per heavy atom. The molecule has 22 heavy (non-hydrogen) atoms. The molecule has 0 bridgehead atoms. The monoisotopic (exact) mass is 305 g/mol. The summed E-state index contributed by atoms with van der Waals surface area (Å²) in [6.45, 7) is 6.06. The van der Waals surface area contributed by atoms with Gasteiger partial charge in [0, 0.05) is 17.9 Å². The smallest absolute Gasteiger partial charge is 0.329 e. The number of aromatic hydroxyl groups is 1. The molecule has 2 rings (SSSR count). The van der Waals surface area contributed by atoms with E-state index in [4.69, 9.17) is 4.74 Å². The molecule has 1 aliphatic rings. The molecule has 1 heterocycles. The highest BCUT2D eigenvalue weighted by atomic mass is 16.5. The lowest BCUT2D eigenvalue weighted by Gasteiger charge is -2.31. The van der Waals surface area contributed by atoms with Gasteiger partial charge >= 0.3 is 5.97 Å². The lowest BCUT2D eigenvalue weighted by Crippen LogP contribution is -2.47. The van der Waals surface area contributed by atoms with Gasteiger partial charge in [-0.15, -0.1) is 0 Å². The van der Waals surface area contributed by atoms with E-state index < -0.39 is 17.4 Å². The third-order valence-electron chi connectivity index (χ3n) is 4.06. The third-order valence-corrected chi connectivity index (χ3v) is 4.06. The second-order valence-corrected chi connectivity index (χ2v) is 6.70. The summed E-state index contributed by atoms with van der Waals surface area (Å²) < 4.78 is 4.92. The fourth-order valence-corrected chi connectivity index (χ4v) is 2.93. The maximum atomic E-state index is 12.6. The SMILES string of the molecule is COC(=O)C1[C@@H](c2ccc(O)cc2)CCN1C(=O)C(C)(C)C. The number of carbonyl (C=O) groups is 2. The molecular weight excluding hydrogens is 282 g/mol. The Balaban J connectivity index is 2.34. The van der Waals surface area contributed by atoms with Crippen molar-refractivity contribution < 1.29 is 19.4 Å². The topological polar surface area (TPSA) is 66.8 Å². The Bertz CT molecular complexity index is 559. The number of methoxy groups -OCH3 is 1. The lowest BCUT2D eigenvalue weighted by atomic mass is 9.90. The van der Waals surface area contributed by atoms with Crippen LogP contribution >= 0.6 is 0 Å². The van der Waals surface area contributed by atoms with Gasteiger partial charge in [-0.25, -0.2) is 4.79 Å². The van der Waals surface area contributed by atoms with Crippen LogP contribution in [0.5, 0.6) is 5.75 Å². The first-order chi connectivity index (χ1) is 10.3. The maximum Gasteiger partial charge on any atom is 0.329 e. The summed E-state index contributed by atoms with van der Waals surface area (Å²) >= 11 is 0. The summed E-state index contributed by atoms with van der Waals surface area (Å²) in [5, 5.41) is 9.41. The molecular formula is C17H23NO4. The Labute approximate surface area is 130 Å². The van der Waals surface area contributed by atoms with Crippen LogP contribution in [0.1, 0.15) is 38.7 Å². The molecule has 2 atom stereocenters. The largest absolute Gasteiger partial charge is 0.508 e. The molecule has 5 heteroatoms. The van der Waals surface area contributed by atoms with Crippen molar-refractivity contribution in [3.8, 4) is 5.75 Å². The summed E-state index contributed by atoms with van der Waals surface area (Å²) in [6, 6.07) is 6.17. The van der Waals surface area contributed by atoms with Crippen LogP contribution in [0.3, 0.4) is 0 Å². The van der Waals surface area contributed by atoms with Crippen LogP contribution in [0.4, 0.5) is 0 Å². The van der Waals surface area contributed by atoms with Crippen LogP contribution in [0.25, 0.3) is 0 Å². The van der Waals surface area contributed by atoms with Crippen molar-refractivity contribution in [1.29, 1.82) is 0 Å². The number of hydrogen-bond acceptors (Lipinski definition) is 4. The molecule has 1 aromatic rings. The van der Waals surface area contributed by atoms with Crippen LogP contribution in [-0.2, 0) is 14.3 Å². The number of phenolic OH excluding ortho intramolecular Hbond substituents is 1. The van der Waals surface area contributed by atoms with E-state index in [-0.39, 0.29) is 17.6 Å². The number of ether oxygens (including phenoxy) is 1. The van der Waals surface area contributed by atoms with Gasteiger partial charge in [0.25, 0.3) is 0 Å². The zero-order valence-electron chi connectivity index (χ0n) is 13.5. The predicted molar refractivity (Wildman–Crippen MR) is 82.4 cm³/mol. The Morgan fingerprint density at radius 3 is 2.32 bits per heavy atom. The minimum absolute atomic E-state index is 0.0517. The van der Waals surface area contributed by atoms with Crippen molar-refractivity contribution in [1.82, 2.24) is 4.90 Å². The molecule has 0 saturated carbocycles. The first-order valence-electron chi connectivity index (χ1n) is 7.43. The van der Waals surface area contributed by atoms with Gasteiger partial charge in [-0.3, -0.25) is 4.79 Å². The molecule has 1 unspecified atom stereocenters. The second-order valence-electron chi connectivity index (χ2n) is 6.70. The van der Waals surface area contributed by atoms with Crippen LogP contribution in [-0.4, -0.2) is 41.6 Å². The van der Waals surface area contributed by atoms with E-state index in [1.165, 1.54) is 7.11 Å². The van der Waals surface area contributed by atoms with Crippen molar-refractivity contribution in [2.45, 2.75) is 39.2 Å². The number of esters is 1. The van der Waals surface area contributed by atoms with E-state index in [1.807, 2.05) is 20.8 Å². The van der Waals surface area contributed by atoms with Crippen molar-refractivity contribution in [2.75, 3.05) is 13.7 Å². The van der Waals surface area contributed by atoms with Gasteiger partial charge in [-0.1, -0.05) is 32.9 Å². The highest BCUT2D eigenvalue weighted by Crippen LogP contribution is 2.37. The van der Waals surface area contributed by atoms with E-state index in [0.29, 0.717) is 13.0 Å².